The summed E-state index contributed by atoms with van der Waals surface area (Å²) in [7, 11) is 0. The summed E-state index contributed by atoms with van der Waals surface area (Å²) in [5.74, 6) is 0.581. The van der Waals surface area contributed by atoms with E-state index in [1.807, 2.05) is 56.3 Å². The summed E-state index contributed by atoms with van der Waals surface area (Å²) >= 11 is 0. The number of nitrogens with zero attached hydrogens (tertiary/aromatic N) is 1. The van der Waals surface area contributed by atoms with Crippen LogP contribution in [0.25, 0.3) is 0 Å². The first-order chi connectivity index (χ1) is 12.1. The SMILES string of the molecule is Cc1cccc(OCC(=O)Nc2ccc(N3CCOCC3)cc2)c1C. The second-order valence-corrected chi connectivity index (χ2v) is 6.18. The topological polar surface area (TPSA) is 50.8 Å². The third kappa shape index (κ3) is 4.51. The number of amides is 1. The quantitative estimate of drug-likeness (QED) is 0.908. The van der Waals surface area contributed by atoms with E-state index < -0.39 is 0 Å². The fourth-order valence-electron chi connectivity index (χ4n) is 2.80. The van der Waals surface area contributed by atoms with Crippen molar-refractivity contribution < 1.29 is 14.3 Å². The summed E-state index contributed by atoms with van der Waals surface area (Å²) in [6.07, 6.45) is 0. The minimum Gasteiger partial charge on any atom is -0.483 e. The van der Waals surface area contributed by atoms with Gasteiger partial charge in [0.25, 0.3) is 5.91 Å². The van der Waals surface area contributed by atoms with E-state index in [0.29, 0.717) is 0 Å². The average molecular weight is 340 g/mol. The van der Waals surface area contributed by atoms with Crippen LogP contribution in [0.3, 0.4) is 0 Å². The van der Waals surface area contributed by atoms with Gasteiger partial charge in [0.15, 0.2) is 6.61 Å². The third-order valence-corrected chi connectivity index (χ3v) is 4.44. The van der Waals surface area contributed by atoms with Gasteiger partial charge in [0, 0.05) is 24.5 Å². The molecule has 0 radical (unpaired) electrons. The molecule has 0 aromatic heterocycles. The largest absolute Gasteiger partial charge is 0.483 e. The Bertz CT molecular complexity index is 722. The molecule has 0 unspecified atom stereocenters. The van der Waals surface area contributed by atoms with Crippen molar-refractivity contribution in [2.24, 2.45) is 0 Å². The van der Waals surface area contributed by atoms with Crippen molar-refractivity contribution in [1.82, 2.24) is 0 Å². The highest BCUT2D eigenvalue weighted by molar-refractivity contribution is 5.92. The van der Waals surface area contributed by atoms with Crippen LogP contribution in [0.4, 0.5) is 11.4 Å². The van der Waals surface area contributed by atoms with Crippen LogP contribution >= 0.6 is 0 Å². The van der Waals surface area contributed by atoms with Crippen LogP contribution in [0.15, 0.2) is 42.5 Å². The summed E-state index contributed by atoms with van der Waals surface area (Å²) in [4.78, 5) is 14.4. The first-order valence-electron chi connectivity index (χ1n) is 8.55. The van der Waals surface area contributed by atoms with Crippen molar-refractivity contribution in [3.63, 3.8) is 0 Å². The molecular weight excluding hydrogens is 316 g/mol. The van der Waals surface area contributed by atoms with Gasteiger partial charge >= 0.3 is 0 Å². The molecule has 1 N–H and O–H groups in total. The van der Waals surface area contributed by atoms with E-state index in [4.69, 9.17) is 9.47 Å². The third-order valence-electron chi connectivity index (χ3n) is 4.44. The molecule has 0 saturated carbocycles. The number of anilines is 2. The maximum Gasteiger partial charge on any atom is 0.262 e. The van der Waals surface area contributed by atoms with E-state index in [1.54, 1.807) is 0 Å². The number of rotatable bonds is 5. The molecule has 5 nitrogen and oxygen atoms in total. The van der Waals surface area contributed by atoms with E-state index in [0.717, 1.165) is 54.6 Å². The lowest BCUT2D eigenvalue weighted by molar-refractivity contribution is -0.118. The van der Waals surface area contributed by atoms with Crippen LogP contribution in [-0.2, 0) is 9.53 Å². The summed E-state index contributed by atoms with van der Waals surface area (Å²) in [5.41, 5.74) is 4.13. The van der Waals surface area contributed by atoms with Crippen LogP contribution < -0.4 is 15.0 Å². The van der Waals surface area contributed by atoms with Gasteiger partial charge < -0.3 is 19.7 Å². The predicted octanol–water partition coefficient (Wildman–Crippen LogP) is 3.16. The number of morpholine rings is 1. The molecule has 0 atom stereocenters. The molecule has 2 aromatic carbocycles. The van der Waals surface area contributed by atoms with E-state index in [9.17, 15) is 4.79 Å². The Balaban J connectivity index is 1.53. The Hall–Kier alpha value is -2.53. The Morgan fingerprint density at radius 2 is 1.84 bits per heavy atom. The van der Waals surface area contributed by atoms with Crippen LogP contribution in [0.2, 0.25) is 0 Å². The number of hydrogen-bond acceptors (Lipinski definition) is 4. The zero-order valence-electron chi connectivity index (χ0n) is 14.7. The van der Waals surface area contributed by atoms with Gasteiger partial charge in [-0.05, 0) is 55.3 Å². The number of benzene rings is 2. The highest BCUT2D eigenvalue weighted by Crippen LogP contribution is 2.21. The number of hydrogen-bond donors (Lipinski definition) is 1. The number of aryl methyl sites for hydroxylation is 1. The maximum absolute atomic E-state index is 12.1. The first-order valence-corrected chi connectivity index (χ1v) is 8.55. The normalized spacial score (nSPS) is 14.2. The standard InChI is InChI=1S/C20H24N2O3/c1-15-4-3-5-19(16(15)2)25-14-20(23)21-17-6-8-18(9-7-17)22-10-12-24-13-11-22/h3-9H,10-14H2,1-2H3,(H,21,23). The molecular formula is C20H24N2O3. The van der Waals surface area contributed by atoms with E-state index in [-0.39, 0.29) is 12.5 Å². The van der Waals surface area contributed by atoms with Crippen molar-refractivity contribution in [2.75, 3.05) is 43.1 Å². The number of ether oxygens (including phenoxy) is 2. The predicted molar refractivity (Wildman–Crippen MR) is 99.5 cm³/mol. The number of carbonyl (C=O) groups excluding carboxylic acids is 1. The monoisotopic (exact) mass is 340 g/mol. The minimum absolute atomic E-state index is 0.00446. The molecule has 3 rings (SSSR count). The molecule has 1 aliphatic heterocycles. The van der Waals surface area contributed by atoms with E-state index in [2.05, 4.69) is 10.2 Å². The van der Waals surface area contributed by atoms with Gasteiger partial charge in [-0.2, -0.15) is 0 Å². The molecule has 0 spiro atoms. The van der Waals surface area contributed by atoms with Crippen molar-refractivity contribution >= 4 is 17.3 Å². The zero-order chi connectivity index (χ0) is 17.6. The number of carbonyl (C=O) groups is 1. The van der Waals surface area contributed by atoms with E-state index >= 15 is 0 Å². The fraction of sp³-hybridized carbons (Fsp3) is 0.350. The Morgan fingerprint density at radius 1 is 1.12 bits per heavy atom. The summed E-state index contributed by atoms with van der Waals surface area (Å²) in [6, 6.07) is 13.7. The first kappa shape index (κ1) is 17.3. The Labute approximate surface area is 148 Å². The van der Waals surface area contributed by atoms with Crippen molar-refractivity contribution in [3.8, 4) is 5.75 Å². The van der Waals surface area contributed by atoms with Gasteiger partial charge in [0.2, 0.25) is 0 Å². The molecule has 132 valence electrons. The summed E-state index contributed by atoms with van der Waals surface area (Å²) in [6.45, 7) is 7.33. The lowest BCUT2D eigenvalue weighted by atomic mass is 10.1. The summed E-state index contributed by atoms with van der Waals surface area (Å²) < 4.78 is 11.0. The second-order valence-electron chi connectivity index (χ2n) is 6.18. The van der Waals surface area contributed by atoms with Crippen molar-refractivity contribution in [1.29, 1.82) is 0 Å². The van der Waals surface area contributed by atoms with Gasteiger partial charge in [0.1, 0.15) is 5.75 Å². The number of nitrogens with one attached hydrogen (secondary N) is 1. The maximum atomic E-state index is 12.1. The molecule has 1 heterocycles. The lowest BCUT2D eigenvalue weighted by Gasteiger charge is -2.28. The Kier molecular flexibility index (Phi) is 5.56. The van der Waals surface area contributed by atoms with Gasteiger partial charge in [-0.15, -0.1) is 0 Å². The lowest BCUT2D eigenvalue weighted by Crippen LogP contribution is -2.36. The zero-order valence-corrected chi connectivity index (χ0v) is 14.7. The second kappa shape index (κ2) is 8.03. The van der Waals surface area contributed by atoms with Crippen molar-refractivity contribution in [2.45, 2.75) is 13.8 Å². The molecule has 1 aliphatic rings. The highest BCUT2D eigenvalue weighted by Gasteiger charge is 2.11. The summed E-state index contributed by atoms with van der Waals surface area (Å²) in [5, 5.41) is 2.87. The molecule has 1 fully saturated rings. The molecule has 0 aliphatic carbocycles. The average Bonchev–Trinajstić information content (AvgIpc) is 2.64. The van der Waals surface area contributed by atoms with Crippen LogP contribution in [0.1, 0.15) is 11.1 Å². The molecule has 25 heavy (non-hydrogen) atoms. The highest BCUT2D eigenvalue weighted by atomic mass is 16.5. The molecule has 2 aromatic rings. The Morgan fingerprint density at radius 3 is 2.56 bits per heavy atom. The molecule has 0 bridgehead atoms. The van der Waals surface area contributed by atoms with Crippen molar-refractivity contribution in [3.05, 3.63) is 53.6 Å². The van der Waals surface area contributed by atoms with E-state index in [1.165, 1.54) is 0 Å². The van der Waals surface area contributed by atoms with Gasteiger partial charge in [0.05, 0.1) is 13.2 Å². The fourth-order valence-corrected chi connectivity index (χ4v) is 2.80. The van der Waals surface area contributed by atoms with Gasteiger partial charge in [-0.1, -0.05) is 12.1 Å². The van der Waals surface area contributed by atoms with Crippen LogP contribution in [0.5, 0.6) is 5.75 Å². The molecule has 5 heteroatoms. The van der Waals surface area contributed by atoms with Crippen LogP contribution in [0, 0.1) is 13.8 Å². The van der Waals surface area contributed by atoms with Gasteiger partial charge in [-0.3, -0.25) is 4.79 Å². The van der Waals surface area contributed by atoms with Gasteiger partial charge in [-0.25, -0.2) is 0 Å². The minimum atomic E-state index is -0.167. The van der Waals surface area contributed by atoms with Crippen LogP contribution in [-0.4, -0.2) is 38.8 Å². The smallest absolute Gasteiger partial charge is 0.262 e. The molecule has 1 saturated heterocycles. The molecule has 1 amide bonds.